The van der Waals surface area contributed by atoms with Gasteiger partial charge in [-0.3, -0.25) is 9.69 Å². The van der Waals surface area contributed by atoms with Gasteiger partial charge in [-0.15, -0.1) is 0 Å². The molecule has 0 amide bonds. The highest BCUT2D eigenvalue weighted by atomic mass is 16.6. The fourth-order valence-corrected chi connectivity index (χ4v) is 4.55. The summed E-state index contributed by atoms with van der Waals surface area (Å²) in [7, 11) is 0. The molecule has 4 rings (SSSR count). The van der Waals surface area contributed by atoms with E-state index in [0.29, 0.717) is 19.1 Å². The van der Waals surface area contributed by atoms with E-state index in [4.69, 9.17) is 9.57 Å². The van der Waals surface area contributed by atoms with Crippen LogP contribution in [0.3, 0.4) is 0 Å². The molecule has 2 aliphatic rings. The lowest BCUT2D eigenvalue weighted by molar-refractivity contribution is -0.150. The number of fused-ring (bicyclic) bond motifs is 1. The highest BCUT2D eigenvalue weighted by Gasteiger charge is 2.29. The standard InChI is InChI=1S/C25H30N2O3/c1-2-29-25(28)20-11-8-14-27(18-20)15-16-30-26-24-17-23(19-9-4-3-5-10-19)21-12-6-7-13-22(21)24/h3-7,9-10,12-13,20,23H,2,8,11,14-18H2,1H3/t20-,23?/m1/s1. The van der Waals surface area contributed by atoms with Crippen LogP contribution in [-0.4, -0.2) is 49.4 Å². The Bertz CT molecular complexity index is 881. The van der Waals surface area contributed by atoms with Crippen LogP contribution in [0.1, 0.15) is 48.8 Å². The van der Waals surface area contributed by atoms with Crippen molar-refractivity contribution >= 4 is 11.7 Å². The molecule has 2 aromatic carbocycles. The molecule has 5 heteroatoms. The molecule has 0 spiro atoms. The predicted octanol–water partition coefficient (Wildman–Crippen LogP) is 4.22. The summed E-state index contributed by atoms with van der Waals surface area (Å²) in [6, 6.07) is 19.1. The topological polar surface area (TPSA) is 51.1 Å². The van der Waals surface area contributed by atoms with Gasteiger partial charge in [0.1, 0.15) is 6.61 Å². The van der Waals surface area contributed by atoms with Gasteiger partial charge in [-0.2, -0.15) is 0 Å². The van der Waals surface area contributed by atoms with Crippen LogP contribution in [0.5, 0.6) is 0 Å². The summed E-state index contributed by atoms with van der Waals surface area (Å²) in [5.74, 6) is 0.244. The van der Waals surface area contributed by atoms with Gasteiger partial charge in [0.2, 0.25) is 0 Å². The molecule has 30 heavy (non-hydrogen) atoms. The zero-order valence-corrected chi connectivity index (χ0v) is 17.6. The van der Waals surface area contributed by atoms with E-state index < -0.39 is 0 Å². The summed E-state index contributed by atoms with van der Waals surface area (Å²) < 4.78 is 5.18. The lowest BCUT2D eigenvalue weighted by atomic mass is 9.93. The van der Waals surface area contributed by atoms with Gasteiger partial charge in [-0.05, 0) is 37.4 Å². The summed E-state index contributed by atoms with van der Waals surface area (Å²) in [6.07, 6.45) is 2.79. The minimum atomic E-state index is -0.0714. The number of nitrogens with zero attached hydrogens (tertiary/aromatic N) is 2. The summed E-state index contributed by atoms with van der Waals surface area (Å²) in [5.41, 5.74) is 4.84. The summed E-state index contributed by atoms with van der Waals surface area (Å²) in [4.78, 5) is 20.0. The molecule has 2 atom stereocenters. The van der Waals surface area contributed by atoms with E-state index in [9.17, 15) is 4.79 Å². The van der Waals surface area contributed by atoms with Crippen molar-refractivity contribution in [2.24, 2.45) is 11.1 Å². The number of rotatable bonds is 7. The van der Waals surface area contributed by atoms with Gasteiger partial charge in [-0.1, -0.05) is 59.8 Å². The SMILES string of the molecule is CCOC(=O)[C@@H]1CCCN(CCON=C2CC(c3ccccc3)c3ccccc32)C1. The molecule has 0 radical (unpaired) electrons. The third-order valence-electron chi connectivity index (χ3n) is 6.05. The van der Waals surface area contributed by atoms with E-state index in [1.807, 2.05) is 6.92 Å². The lowest BCUT2D eigenvalue weighted by Crippen LogP contribution is -2.40. The molecule has 0 bridgehead atoms. The Kier molecular flexibility index (Phi) is 6.80. The van der Waals surface area contributed by atoms with Crippen molar-refractivity contribution in [3.63, 3.8) is 0 Å². The Hall–Kier alpha value is -2.66. The third-order valence-corrected chi connectivity index (χ3v) is 6.05. The van der Waals surface area contributed by atoms with Gasteiger partial charge in [0.05, 0.1) is 18.2 Å². The van der Waals surface area contributed by atoms with E-state index in [2.05, 4.69) is 64.7 Å². The number of piperidine rings is 1. The maximum atomic E-state index is 12.0. The first-order valence-electron chi connectivity index (χ1n) is 11.0. The van der Waals surface area contributed by atoms with Gasteiger partial charge in [0.25, 0.3) is 0 Å². The highest BCUT2D eigenvalue weighted by Crippen LogP contribution is 2.38. The maximum Gasteiger partial charge on any atom is 0.310 e. The largest absolute Gasteiger partial charge is 0.466 e. The van der Waals surface area contributed by atoms with Gasteiger partial charge < -0.3 is 9.57 Å². The van der Waals surface area contributed by atoms with Gasteiger partial charge in [-0.25, -0.2) is 0 Å². The molecule has 1 unspecified atom stereocenters. The molecule has 1 aliphatic heterocycles. The van der Waals surface area contributed by atoms with E-state index in [1.54, 1.807) is 0 Å². The summed E-state index contributed by atoms with van der Waals surface area (Å²) >= 11 is 0. The Balaban J connectivity index is 1.34. The molecule has 2 aromatic rings. The second-order valence-electron chi connectivity index (χ2n) is 8.02. The van der Waals surface area contributed by atoms with Crippen LogP contribution in [0.15, 0.2) is 59.8 Å². The van der Waals surface area contributed by atoms with Crippen molar-refractivity contribution in [3.05, 3.63) is 71.3 Å². The van der Waals surface area contributed by atoms with E-state index in [0.717, 1.165) is 44.6 Å². The molecule has 1 aliphatic carbocycles. The smallest absolute Gasteiger partial charge is 0.310 e. The van der Waals surface area contributed by atoms with Crippen LogP contribution < -0.4 is 0 Å². The molecule has 0 N–H and O–H groups in total. The Morgan fingerprint density at radius 2 is 1.93 bits per heavy atom. The average Bonchev–Trinajstić information content (AvgIpc) is 3.16. The number of benzene rings is 2. The fourth-order valence-electron chi connectivity index (χ4n) is 4.55. The molecule has 1 heterocycles. The fraction of sp³-hybridized carbons (Fsp3) is 0.440. The number of hydrogen-bond acceptors (Lipinski definition) is 5. The van der Waals surface area contributed by atoms with Crippen LogP contribution in [0, 0.1) is 5.92 Å². The van der Waals surface area contributed by atoms with Crippen molar-refractivity contribution in [2.45, 2.75) is 32.1 Å². The quantitative estimate of drug-likeness (QED) is 0.393. The minimum absolute atomic E-state index is 0.0154. The molecule has 0 saturated carbocycles. The second-order valence-corrected chi connectivity index (χ2v) is 8.02. The average molecular weight is 407 g/mol. The van der Waals surface area contributed by atoms with Crippen LogP contribution >= 0.6 is 0 Å². The third kappa shape index (κ3) is 4.73. The molecule has 5 nitrogen and oxygen atoms in total. The van der Waals surface area contributed by atoms with Crippen LogP contribution in [0.2, 0.25) is 0 Å². The number of oxime groups is 1. The van der Waals surface area contributed by atoms with Crippen LogP contribution in [-0.2, 0) is 14.4 Å². The Morgan fingerprint density at radius 3 is 2.77 bits per heavy atom. The monoisotopic (exact) mass is 406 g/mol. The molecular formula is C25H30N2O3. The first kappa shape index (κ1) is 20.6. The van der Waals surface area contributed by atoms with Crippen molar-refractivity contribution in [1.82, 2.24) is 4.90 Å². The van der Waals surface area contributed by atoms with Crippen molar-refractivity contribution in [1.29, 1.82) is 0 Å². The summed E-state index contributed by atoms with van der Waals surface area (Å²) in [6.45, 7) is 5.34. The normalized spacial score (nSPS) is 22.6. The van der Waals surface area contributed by atoms with Crippen molar-refractivity contribution < 1.29 is 14.4 Å². The molecule has 0 aromatic heterocycles. The maximum absolute atomic E-state index is 12.0. The number of esters is 1. The predicted molar refractivity (Wildman–Crippen MR) is 118 cm³/mol. The number of ether oxygens (including phenoxy) is 1. The molecule has 1 saturated heterocycles. The number of carbonyl (C=O) groups is 1. The first-order chi connectivity index (χ1) is 14.8. The zero-order valence-electron chi connectivity index (χ0n) is 17.6. The molecular weight excluding hydrogens is 376 g/mol. The zero-order chi connectivity index (χ0) is 20.8. The Morgan fingerprint density at radius 1 is 1.13 bits per heavy atom. The number of likely N-dealkylation sites (tertiary alicyclic amines) is 1. The molecule has 1 fully saturated rings. The second kappa shape index (κ2) is 9.90. The van der Waals surface area contributed by atoms with E-state index in [1.165, 1.54) is 16.7 Å². The van der Waals surface area contributed by atoms with Crippen molar-refractivity contribution in [3.8, 4) is 0 Å². The number of carbonyl (C=O) groups excluding carboxylic acids is 1. The highest BCUT2D eigenvalue weighted by molar-refractivity contribution is 6.05. The van der Waals surface area contributed by atoms with Crippen LogP contribution in [0.25, 0.3) is 0 Å². The van der Waals surface area contributed by atoms with Gasteiger partial charge in [0.15, 0.2) is 0 Å². The van der Waals surface area contributed by atoms with E-state index >= 15 is 0 Å². The van der Waals surface area contributed by atoms with Crippen LogP contribution in [0.4, 0.5) is 0 Å². The summed E-state index contributed by atoms with van der Waals surface area (Å²) in [5, 5.41) is 4.51. The molecule has 158 valence electrons. The number of hydrogen-bond donors (Lipinski definition) is 0. The van der Waals surface area contributed by atoms with Gasteiger partial charge in [0, 0.05) is 31.0 Å². The Labute approximate surface area is 178 Å². The first-order valence-corrected chi connectivity index (χ1v) is 11.0. The van der Waals surface area contributed by atoms with E-state index in [-0.39, 0.29) is 11.9 Å². The van der Waals surface area contributed by atoms with Gasteiger partial charge >= 0.3 is 5.97 Å². The lowest BCUT2D eigenvalue weighted by Gasteiger charge is -2.30. The minimum Gasteiger partial charge on any atom is -0.466 e. The van der Waals surface area contributed by atoms with Crippen molar-refractivity contribution in [2.75, 3.05) is 32.8 Å².